The molecule has 1 atom stereocenters. The zero-order chi connectivity index (χ0) is 15.7. The maximum absolute atomic E-state index is 12.3. The van der Waals surface area contributed by atoms with E-state index in [1.165, 1.54) is 16.9 Å². The highest BCUT2D eigenvalue weighted by Gasteiger charge is 2.19. The summed E-state index contributed by atoms with van der Waals surface area (Å²) in [7, 11) is 0. The van der Waals surface area contributed by atoms with Crippen LogP contribution in [-0.4, -0.2) is 17.0 Å². The number of nitrogens with one attached hydrogen (secondary N) is 1. The van der Waals surface area contributed by atoms with Crippen molar-refractivity contribution >= 4 is 28.9 Å². The zero-order valence-electron chi connectivity index (χ0n) is 12.3. The van der Waals surface area contributed by atoms with Crippen molar-refractivity contribution in [2.45, 2.75) is 32.1 Å². The molecule has 0 saturated heterocycles. The van der Waals surface area contributed by atoms with E-state index in [1.54, 1.807) is 42.5 Å². The number of fused-ring (bicyclic) bond motifs is 1. The number of carbonyl (C=O) groups excluding carboxylic acids is 1. The van der Waals surface area contributed by atoms with Gasteiger partial charge in [0, 0.05) is 10.6 Å². The Morgan fingerprint density at radius 2 is 2.09 bits per heavy atom. The van der Waals surface area contributed by atoms with Crippen molar-refractivity contribution in [2.24, 2.45) is 0 Å². The van der Waals surface area contributed by atoms with Crippen LogP contribution in [0.2, 0.25) is 0 Å². The van der Waals surface area contributed by atoms with Gasteiger partial charge < -0.3 is 10.4 Å². The van der Waals surface area contributed by atoms with E-state index in [0.717, 1.165) is 17.7 Å². The van der Waals surface area contributed by atoms with E-state index in [1.807, 2.05) is 6.07 Å². The van der Waals surface area contributed by atoms with E-state index in [-0.39, 0.29) is 5.91 Å². The first-order chi connectivity index (χ1) is 10.5. The Hall–Kier alpha value is -2.14. The van der Waals surface area contributed by atoms with E-state index >= 15 is 0 Å². The summed E-state index contributed by atoms with van der Waals surface area (Å²) in [5.41, 5.74) is 2.60. The van der Waals surface area contributed by atoms with E-state index in [4.69, 9.17) is 5.11 Å². The average Bonchev–Trinajstić information content (AvgIpc) is 3.07. The number of carboxylic acid groups (broad SMARTS) is 1. The molecule has 0 aliphatic heterocycles. The molecule has 1 unspecified atom stereocenters. The molecule has 2 aromatic rings. The van der Waals surface area contributed by atoms with Gasteiger partial charge in [-0.15, -0.1) is 11.3 Å². The molecule has 0 spiro atoms. The lowest BCUT2D eigenvalue weighted by molar-refractivity contribution is -0.138. The molecule has 4 nitrogen and oxygen atoms in total. The molecule has 1 aliphatic rings. The third-order valence-corrected chi connectivity index (χ3v) is 5.22. The fourth-order valence-electron chi connectivity index (χ4n) is 2.66. The van der Waals surface area contributed by atoms with Crippen molar-refractivity contribution in [1.82, 2.24) is 0 Å². The number of hydrogen-bond acceptors (Lipinski definition) is 3. The largest absolute Gasteiger partial charge is 0.481 e. The summed E-state index contributed by atoms with van der Waals surface area (Å²) < 4.78 is 0. The highest BCUT2D eigenvalue weighted by Crippen LogP contribution is 2.31. The summed E-state index contributed by atoms with van der Waals surface area (Å²) in [5, 5.41) is 11.9. The Bertz CT molecular complexity index is 714. The Labute approximate surface area is 132 Å². The Balaban J connectivity index is 1.76. The minimum Gasteiger partial charge on any atom is -0.481 e. The minimum absolute atomic E-state index is 0.125. The molecule has 0 saturated carbocycles. The number of aliphatic carboxylic acids is 1. The monoisotopic (exact) mass is 315 g/mol. The molecule has 0 fully saturated rings. The van der Waals surface area contributed by atoms with E-state index in [2.05, 4.69) is 5.32 Å². The van der Waals surface area contributed by atoms with Gasteiger partial charge in [0.05, 0.1) is 10.8 Å². The molecule has 114 valence electrons. The third-order valence-electron chi connectivity index (χ3n) is 3.99. The SMILES string of the molecule is CC(C(=O)O)c1cccc(NC(=O)c2cc3c(s2)CCC3)c1. The number of hydrogen-bond donors (Lipinski definition) is 2. The van der Waals surface area contributed by atoms with E-state index in [0.29, 0.717) is 11.3 Å². The predicted octanol–water partition coefficient (Wildman–Crippen LogP) is 3.68. The van der Waals surface area contributed by atoms with Gasteiger partial charge in [-0.25, -0.2) is 0 Å². The van der Waals surface area contributed by atoms with E-state index < -0.39 is 11.9 Å². The van der Waals surface area contributed by atoms with Crippen LogP contribution in [-0.2, 0) is 17.6 Å². The maximum Gasteiger partial charge on any atom is 0.310 e. The first-order valence-corrected chi connectivity index (χ1v) is 8.12. The molecule has 2 N–H and O–H groups in total. The highest BCUT2D eigenvalue weighted by atomic mass is 32.1. The number of anilines is 1. The fraction of sp³-hybridized carbons (Fsp3) is 0.294. The van der Waals surface area contributed by atoms with Crippen molar-refractivity contribution < 1.29 is 14.7 Å². The number of carboxylic acids is 1. The minimum atomic E-state index is -0.877. The second-order valence-corrected chi connectivity index (χ2v) is 6.69. The highest BCUT2D eigenvalue weighted by molar-refractivity contribution is 7.14. The van der Waals surface area contributed by atoms with Crippen molar-refractivity contribution in [3.63, 3.8) is 0 Å². The van der Waals surface area contributed by atoms with Crippen molar-refractivity contribution in [2.75, 3.05) is 5.32 Å². The van der Waals surface area contributed by atoms with Crippen LogP contribution in [0.15, 0.2) is 30.3 Å². The quantitative estimate of drug-likeness (QED) is 0.904. The number of aryl methyl sites for hydroxylation is 2. The van der Waals surface area contributed by atoms with Crippen molar-refractivity contribution in [1.29, 1.82) is 0 Å². The lowest BCUT2D eigenvalue weighted by atomic mass is 10.0. The number of carbonyl (C=O) groups is 2. The summed E-state index contributed by atoms with van der Waals surface area (Å²) in [6, 6.07) is 8.99. The number of benzene rings is 1. The zero-order valence-corrected chi connectivity index (χ0v) is 13.1. The summed E-state index contributed by atoms with van der Waals surface area (Å²) in [6.07, 6.45) is 3.31. The van der Waals surface area contributed by atoms with Crippen LogP contribution in [0.3, 0.4) is 0 Å². The van der Waals surface area contributed by atoms with Gasteiger partial charge >= 0.3 is 5.97 Å². The van der Waals surface area contributed by atoms with Crippen LogP contribution in [0.5, 0.6) is 0 Å². The summed E-state index contributed by atoms with van der Waals surface area (Å²) in [4.78, 5) is 25.4. The molecule has 0 radical (unpaired) electrons. The molecular weight excluding hydrogens is 298 g/mol. The van der Waals surface area contributed by atoms with Crippen molar-refractivity contribution in [3.05, 3.63) is 51.2 Å². The molecule has 0 bridgehead atoms. The molecule has 22 heavy (non-hydrogen) atoms. The second kappa shape index (κ2) is 5.93. The third kappa shape index (κ3) is 2.90. The van der Waals surface area contributed by atoms with E-state index in [9.17, 15) is 9.59 Å². The molecular formula is C17H17NO3S. The van der Waals surface area contributed by atoms with Crippen LogP contribution in [0.1, 0.15) is 44.9 Å². The maximum atomic E-state index is 12.3. The van der Waals surface area contributed by atoms with Gasteiger partial charge in [-0.05, 0) is 55.5 Å². The number of rotatable bonds is 4. The summed E-state index contributed by atoms with van der Waals surface area (Å²) in [6.45, 7) is 1.63. The van der Waals surface area contributed by atoms with Gasteiger partial charge in [0.2, 0.25) is 0 Å². The normalized spacial score (nSPS) is 14.4. The topological polar surface area (TPSA) is 66.4 Å². The number of amides is 1. The Morgan fingerprint density at radius 1 is 1.27 bits per heavy atom. The molecule has 1 amide bonds. The van der Waals surface area contributed by atoms with Crippen LogP contribution < -0.4 is 5.32 Å². The van der Waals surface area contributed by atoms with Crippen LogP contribution in [0, 0.1) is 0 Å². The standard InChI is InChI=1S/C17H17NO3S/c1-10(17(20)21)11-4-2-6-13(8-11)18-16(19)15-9-12-5-3-7-14(12)22-15/h2,4,6,8-10H,3,5,7H2,1H3,(H,18,19)(H,20,21). The molecule has 5 heteroatoms. The van der Waals surface area contributed by atoms with Crippen molar-refractivity contribution in [3.8, 4) is 0 Å². The van der Waals surface area contributed by atoms with Gasteiger partial charge in [0.15, 0.2) is 0 Å². The van der Waals surface area contributed by atoms with Gasteiger partial charge in [-0.1, -0.05) is 12.1 Å². The molecule has 1 heterocycles. The van der Waals surface area contributed by atoms with Gasteiger partial charge in [0.1, 0.15) is 0 Å². The van der Waals surface area contributed by atoms with Crippen LogP contribution >= 0.6 is 11.3 Å². The molecule has 1 aromatic heterocycles. The summed E-state index contributed by atoms with van der Waals surface area (Å²) >= 11 is 1.56. The smallest absolute Gasteiger partial charge is 0.310 e. The van der Waals surface area contributed by atoms with Gasteiger partial charge in [-0.3, -0.25) is 9.59 Å². The lowest BCUT2D eigenvalue weighted by Crippen LogP contribution is -2.12. The van der Waals surface area contributed by atoms with Crippen LogP contribution in [0.4, 0.5) is 5.69 Å². The van der Waals surface area contributed by atoms with Gasteiger partial charge in [0.25, 0.3) is 5.91 Å². The van der Waals surface area contributed by atoms with Gasteiger partial charge in [-0.2, -0.15) is 0 Å². The average molecular weight is 315 g/mol. The predicted molar refractivity (Wildman–Crippen MR) is 86.8 cm³/mol. The first-order valence-electron chi connectivity index (χ1n) is 7.30. The molecule has 1 aromatic carbocycles. The Morgan fingerprint density at radius 3 is 2.82 bits per heavy atom. The second-order valence-electron chi connectivity index (χ2n) is 5.55. The molecule has 1 aliphatic carbocycles. The molecule has 3 rings (SSSR count). The lowest BCUT2D eigenvalue weighted by Gasteiger charge is -2.09. The Kier molecular flexibility index (Phi) is 3.98. The number of thiophene rings is 1. The van der Waals surface area contributed by atoms with Crippen LogP contribution in [0.25, 0.3) is 0 Å². The fourth-order valence-corrected chi connectivity index (χ4v) is 3.81. The first kappa shape index (κ1) is 14.8. The summed E-state index contributed by atoms with van der Waals surface area (Å²) in [5.74, 6) is -1.60.